The van der Waals surface area contributed by atoms with Crippen LogP contribution in [0, 0.1) is 0 Å². The number of hydrazine groups is 1. The number of halogens is 1. The minimum Gasteiger partial charge on any atom is -0.467 e. The summed E-state index contributed by atoms with van der Waals surface area (Å²) in [6.07, 6.45) is 0. The smallest absolute Gasteiger partial charge is 0.333 e. The first-order valence-corrected chi connectivity index (χ1v) is 5.40. The van der Waals surface area contributed by atoms with Gasteiger partial charge in [0.05, 0.1) is 12.8 Å². The number of esters is 1. The molecule has 0 aromatic heterocycles. The number of nitrogens with zero attached hydrogens (tertiary/aromatic N) is 1. The number of carbonyl (C=O) groups is 3. The summed E-state index contributed by atoms with van der Waals surface area (Å²) >= 11 is 5.72. The Bertz CT molecular complexity index is 514. The molecule has 1 aromatic carbocycles. The second-order valence-corrected chi connectivity index (χ2v) is 4.00. The quantitative estimate of drug-likeness (QED) is 0.474. The minimum atomic E-state index is -1.29. The van der Waals surface area contributed by atoms with E-state index in [4.69, 9.17) is 11.6 Å². The summed E-state index contributed by atoms with van der Waals surface area (Å²) in [5, 5.41) is 1.50. The number of carbonyl (C=O) groups excluding carboxylic acids is 3. The van der Waals surface area contributed by atoms with Gasteiger partial charge < -0.3 is 4.74 Å². The molecule has 7 heteroatoms. The molecule has 1 N–H and O–H groups in total. The Morgan fingerprint density at radius 1 is 1.33 bits per heavy atom. The van der Waals surface area contributed by atoms with Gasteiger partial charge in [0.25, 0.3) is 5.78 Å². The lowest BCUT2D eigenvalue weighted by molar-refractivity contribution is -0.147. The van der Waals surface area contributed by atoms with Crippen molar-refractivity contribution in [2.24, 2.45) is 0 Å². The first-order chi connectivity index (χ1) is 8.54. The van der Waals surface area contributed by atoms with E-state index in [0.717, 1.165) is 12.1 Å². The molecule has 1 aliphatic heterocycles. The second kappa shape index (κ2) is 4.75. The Kier molecular flexibility index (Phi) is 3.31. The molecule has 1 unspecified atom stereocenters. The third-order valence-electron chi connectivity index (χ3n) is 2.46. The van der Waals surface area contributed by atoms with Gasteiger partial charge in [-0.15, -0.1) is 0 Å². The van der Waals surface area contributed by atoms with Crippen LogP contribution in [-0.4, -0.2) is 30.8 Å². The number of benzene rings is 1. The molecular formula is C11H9ClN2O4. The predicted octanol–water partition coefficient (Wildman–Crippen LogP) is 0.302. The molecule has 0 bridgehead atoms. The molecule has 0 saturated carbocycles. The van der Waals surface area contributed by atoms with Gasteiger partial charge >= 0.3 is 11.9 Å². The summed E-state index contributed by atoms with van der Waals surface area (Å²) in [7, 11) is 1.15. The van der Waals surface area contributed by atoms with E-state index in [9.17, 15) is 14.4 Å². The van der Waals surface area contributed by atoms with Crippen molar-refractivity contribution in [3.05, 3.63) is 29.3 Å². The van der Waals surface area contributed by atoms with E-state index >= 15 is 0 Å². The normalized spacial score (nSPS) is 19.2. The third-order valence-corrected chi connectivity index (χ3v) is 2.71. The summed E-state index contributed by atoms with van der Waals surface area (Å²) in [6.45, 7) is 0. The van der Waals surface area contributed by atoms with Crippen molar-refractivity contribution in [2.45, 2.75) is 6.04 Å². The van der Waals surface area contributed by atoms with Crippen LogP contribution in [0.1, 0.15) is 0 Å². The van der Waals surface area contributed by atoms with E-state index in [2.05, 4.69) is 10.2 Å². The third kappa shape index (κ3) is 2.07. The summed E-state index contributed by atoms with van der Waals surface area (Å²) in [4.78, 5) is 34.6. The molecule has 18 heavy (non-hydrogen) atoms. The molecule has 1 aromatic rings. The highest BCUT2D eigenvalue weighted by Gasteiger charge is 2.44. The number of anilines is 1. The van der Waals surface area contributed by atoms with Crippen LogP contribution in [0.4, 0.5) is 5.69 Å². The van der Waals surface area contributed by atoms with Crippen LogP contribution in [0.25, 0.3) is 0 Å². The van der Waals surface area contributed by atoms with Crippen molar-refractivity contribution in [2.75, 3.05) is 12.1 Å². The van der Waals surface area contributed by atoms with E-state index in [0.29, 0.717) is 10.7 Å². The largest absolute Gasteiger partial charge is 0.467 e. The van der Waals surface area contributed by atoms with Crippen molar-refractivity contribution in [3.8, 4) is 0 Å². The first kappa shape index (κ1) is 12.5. The monoisotopic (exact) mass is 268 g/mol. The van der Waals surface area contributed by atoms with E-state index in [1.54, 1.807) is 24.3 Å². The number of nitrogens with one attached hydrogen (secondary N) is 1. The summed E-state index contributed by atoms with van der Waals surface area (Å²) in [6, 6.07) is 4.96. The zero-order chi connectivity index (χ0) is 13.3. The first-order valence-electron chi connectivity index (χ1n) is 5.02. The van der Waals surface area contributed by atoms with Crippen LogP contribution in [0.5, 0.6) is 0 Å². The van der Waals surface area contributed by atoms with Gasteiger partial charge in [-0.25, -0.2) is 15.2 Å². The van der Waals surface area contributed by atoms with Crippen LogP contribution in [0.15, 0.2) is 24.3 Å². The summed E-state index contributed by atoms with van der Waals surface area (Å²) in [5.41, 5.74) is 2.91. The van der Waals surface area contributed by atoms with Gasteiger partial charge in [0.1, 0.15) is 0 Å². The Morgan fingerprint density at radius 2 is 1.94 bits per heavy atom. The van der Waals surface area contributed by atoms with Crippen molar-refractivity contribution in [1.29, 1.82) is 0 Å². The van der Waals surface area contributed by atoms with Gasteiger partial charge in [-0.05, 0) is 24.3 Å². The molecule has 0 aliphatic carbocycles. The average Bonchev–Trinajstić information content (AvgIpc) is 2.67. The fourth-order valence-corrected chi connectivity index (χ4v) is 1.67. The van der Waals surface area contributed by atoms with Gasteiger partial charge in [-0.2, -0.15) is 0 Å². The molecule has 2 rings (SSSR count). The number of rotatable bonds is 2. The molecule has 1 amide bonds. The standard InChI is InChI=1S/C11H9ClN2O4/c1-18-11(17)8-9(15)10(16)14(13-8)7-4-2-6(12)3-5-7/h2-5,8,13H,1H3. The lowest BCUT2D eigenvalue weighted by Gasteiger charge is -2.15. The number of ketones is 1. The van der Waals surface area contributed by atoms with E-state index in [1.807, 2.05) is 0 Å². The maximum Gasteiger partial charge on any atom is 0.333 e. The molecule has 94 valence electrons. The Morgan fingerprint density at radius 3 is 2.50 bits per heavy atom. The molecule has 1 aliphatic rings. The number of hydrogen-bond acceptors (Lipinski definition) is 5. The van der Waals surface area contributed by atoms with Crippen molar-refractivity contribution in [1.82, 2.24) is 5.43 Å². The van der Waals surface area contributed by atoms with Gasteiger partial charge in [0.15, 0.2) is 6.04 Å². The number of methoxy groups -OCH3 is 1. The highest BCUT2D eigenvalue weighted by atomic mass is 35.5. The maximum atomic E-state index is 11.7. The van der Waals surface area contributed by atoms with Gasteiger partial charge in [0.2, 0.25) is 0 Å². The molecule has 1 fully saturated rings. The zero-order valence-corrected chi connectivity index (χ0v) is 10.1. The maximum absolute atomic E-state index is 11.7. The topological polar surface area (TPSA) is 75.7 Å². The lowest BCUT2D eigenvalue weighted by atomic mass is 10.2. The lowest BCUT2D eigenvalue weighted by Crippen LogP contribution is -2.42. The zero-order valence-electron chi connectivity index (χ0n) is 9.34. The fourth-order valence-electron chi connectivity index (χ4n) is 1.54. The van der Waals surface area contributed by atoms with Crippen molar-refractivity contribution in [3.63, 3.8) is 0 Å². The van der Waals surface area contributed by atoms with Crippen LogP contribution in [-0.2, 0) is 19.1 Å². The molecule has 0 radical (unpaired) electrons. The second-order valence-electron chi connectivity index (χ2n) is 3.57. The van der Waals surface area contributed by atoms with Crippen LogP contribution < -0.4 is 10.4 Å². The highest BCUT2D eigenvalue weighted by molar-refractivity contribution is 6.48. The Labute approximate surface area is 107 Å². The number of ether oxygens (including phenoxy) is 1. The van der Waals surface area contributed by atoms with Gasteiger partial charge in [-0.1, -0.05) is 11.6 Å². The van der Waals surface area contributed by atoms with Crippen LogP contribution >= 0.6 is 11.6 Å². The SMILES string of the molecule is COC(=O)C1NN(c2ccc(Cl)cc2)C(=O)C1=O. The van der Waals surface area contributed by atoms with E-state index < -0.39 is 23.7 Å². The van der Waals surface area contributed by atoms with Crippen molar-refractivity contribution >= 4 is 34.9 Å². The molecule has 0 spiro atoms. The average molecular weight is 269 g/mol. The van der Waals surface area contributed by atoms with Crippen LogP contribution in [0.2, 0.25) is 5.02 Å². The highest BCUT2D eigenvalue weighted by Crippen LogP contribution is 2.20. The van der Waals surface area contributed by atoms with Gasteiger partial charge in [-0.3, -0.25) is 9.59 Å². The Hall–Kier alpha value is -1.92. The van der Waals surface area contributed by atoms with E-state index in [1.165, 1.54) is 0 Å². The molecule has 1 heterocycles. The fraction of sp³-hybridized carbons (Fsp3) is 0.182. The molecule has 6 nitrogen and oxygen atoms in total. The Balaban J connectivity index is 2.26. The van der Waals surface area contributed by atoms with Crippen LogP contribution in [0.3, 0.4) is 0 Å². The molecule has 1 saturated heterocycles. The van der Waals surface area contributed by atoms with Gasteiger partial charge in [0, 0.05) is 5.02 Å². The summed E-state index contributed by atoms with van der Waals surface area (Å²) in [5.74, 6) is -2.46. The number of hydrogen-bond donors (Lipinski definition) is 1. The number of Topliss-reactive ketones (excluding diaryl/α,β-unsaturated/α-hetero) is 1. The molecular weight excluding hydrogens is 260 g/mol. The van der Waals surface area contributed by atoms with Crippen molar-refractivity contribution < 1.29 is 19.1 Å². The number of amides is 1. The minimum absolute atomic E-state index is 0.421. The van der Waals surface area contributed by atoms with E-state index in [-0.39, 0.29) is 0 Å². The summed E-state index contributed by atoms with van der Waals surface area (Å²) < 4.78 is 4.43. The molecule has 1 atom stereocenters. The predicted molar refractivity (Wildman–Crippen MR) is 62.9 cm³/mol.